The average Bonchev–Trinajstić information content (AvgIpc) is 2.48. The molecule has 3 aromatic rings. The average molecular weight is 296 g/mol. The second-order valence-electron chi connectivity index (χ2n) is 4.98. The molecular formula is C18H14ClNO. The van der Waals surface area contributed by atoms with Gasteiger partial charge in [-0.15, -0.1) is 0 Å². The number of para-hydroxylation sites is 1. The summed E-state index contributed by atoms with van der Waals surface area (Å²) in [6.07, 6.45) is 0. The third-order valence-corrected chi connectivity index (χ3v) is 3.90. The van der Waals surface area contributed by atoms with Gasteiger partial charge in [-0.2, -0.15) is 0 Å². The quantitative estimate of drug-likeness (QED) is 0.643. The van der Waals surface area contributed by atoms with E-state index in [1.807, 2.05) is 55.5 Å². The SMILES string of the molecule is C=C(O)c1cc(-c2ccc(Cl)c(C)c2)nc2ccccc12. The molecule has 2 nitrogen and oxygen atoms in total. The number of aryl methyl sites for hydroxylation is 1. The normalized spacial score (nSPS) is 10.8. The van der Waals surface area contributed by atoms with Gasteiger partial charge < -0.3 is 5.11 Å². The second-order valence-corrected chi connectivity index (χ2v) is 5.39. The standard InChI is InChI=1S/C18H14ClNO/c1-11-9-13(7-8-16(11)19)18-10-15(12(2)21)14-5-3-4-6-17(14)20-18/h3-10,21H,2H2,1H3. The van der Waals surface area contributed by atoms with E-state index in [2.05, 4.69) is 11.6 Å². The van der Waals surface area contributed by atoms with Crippen LogP contribution in [0.25, 0.3) is 27.9 Å². The molecule has 0 fully saturated rings. The lowest BCUT2D eigenvalue weighted by Crippen LogP contribution is -1.92. The first kappa shape index (κ1) is 13.7. The molecule has 1 N–H and O–H groups in total. The van der Waals surface area contributed by atoms with Crippen molar-refractivity contribution in [1.29, 1.82) is 0 Å². The molecule has 104 valence electrons. The predicted octanol–water partition coefficient (Wildman–Crippen LogP) is 5.39. The number of nitrogens with zero attached hydrogens (tertiary/aromatic N) is 1. The van der Waals surface area contributed by atoms with E-state index in [0.717, 1.165) is 32.7 Å². The van der Waals surface area contributed by atoms with Gasteiger partial charge in [0.25, 0.3) is 0 Å². The van der Waals surface area contributed by atoms with Crippen LogP contribution in [-0.2, 0) is 0 Å². The van der Waals surface area contributed by atoms with E-state index in [-0.39, 0.29) is 5.76 Å². The Morgan fingerprint density at radius 2 is 1.90 bits per heavy atom. The first-order valence-electron chi connectivity index (χ1n) is 6.61. The van der Waals surface area contributed by atoms with Gasteiger partial charge in [0.1, 0.15) is 5.76 Å². The van der Waals surface area contributed by atoms with Crippen molar-refractivity contribution in [1.82, 2.24) is 4.98 Å². The van der Waals surface area contributed by atoms with Crippen molar-refractivity contribution in [2.45, 2.75) is 6.92 Å². The number of hydrogen-bond acceptors (Lipinski definition) is 2. The molecule has 3 rings (SSSR count). The van der Waals surface area contributed by atoms with Gasteiger partial charge in [0.2, 0.25) is 0 Å². The molecule has 0 bridgehead atoms. The fourth-order valence-electron chi connectivity index (χ4n) is 2.37. The molecule has 1 heterocycles. The van der Waals surface area contributed by atoms with Gasteiger partial charge >= 0.3 is 0 Å². The van der Waals surface area contributed by atoms with Crippen LogP contribution in [0.15, 0.2) is 55.1 Å². The summed E-state index contributed by atoms with van der Waals surface area (Å²) in [5, 5.41) is 11.5. The molecule has 21 heavy (non-hydrogen) atoms. The zero-order valence-corrected chi connectivity index (χ0v) is 12.4. The Morgan fingerprint density at radius 3 is 2.62 bits per heavy atom. The maximum Gasteiger partial charge on any atom is 0.116 e. The van der Waals surface area contributed by atoms with Crippen LogP contribution in [-0.4, -0.2) is 10.1 Å². The summed E-state index contributed by atoms with van der Waals surface area (Å²) in [7, 11) is 0. The first-order chi connectivity index (χ1) is 10.1. The van der Waals surface area contributed by atoms with E-state index >= 15 is 0 Å². The van der Waals surface area contributed by atoms with E-state index < -0.39 is 0 Å². The van der Waals surface area contributed by atoms with Crippen molar-refractivity contribution in [3.8, 4) is 11.3 Å². The number of aliphatic hydroxyl groups is 1. The van der Waals surface area contributed by atoms with Gasteiger partial charge in [0.05, 0.1) is 11.2 Å². The predicted molar refractivity (Wildman–Crippen MR) is 88.6 cm³/mol. The second kappa shape index (κ2) is 5.23. The maximum atomic E-state index is 9.85. The van der Waals surface area contributed by atoms with Crippen LogP contribution < -0.4 is 0 Å². The molecule has 0 aliphatic heterocycles. The monoisotopic (exact) mass is 295 g/mol. The molecule has 0 aliphatic carbocycles. The van der Waals surface area contributed by atoms with Crippen LogP contribution in [0, 0.1) is 6.92 Å². The lowest BCUT2D eigenvalue weighted by atomic mass is 10.0. The number of rotatable bonds is 2. The number of hydrogen-bond donors (Lipinski definition) is 1. The first-order valence-corrected chi connectivity index (χ1v) is 6.98. The molecule has 0 radical (unpaired) electrons. The summed E-state index contributed by atoms with van der Waals surface area (Å²) >= 11 is 6.07. The fraction of sp³-hybridized carbons (Fsp3) is 0.0556. The Labute approximate surface area is 128 Å². The minimum absolute atomic E-state index is 0.0422. The largest absolute Gasteiger partial charge is 0.508 e. The number of halogens is 1. The summed E-state index contributed by atoms with van der Waals surface area (Å²) < 4.78 is 0. The van der Waals surface area contributed by atoms with E-state index in [9.17, 15) is 5.11 Å². The summed E-state index contributed by atoms with van der Waals surface area (Å²) in [4.78, 5) is 4.66. The zero-order chi connectivity index (χ0) is 15.0. The highest BCUT2D eigenvalue weighted by Gasteiger charge is 2.10. The minimum Gasteiger partial charge on any atom is -0.508 e. The Bertz CT molecular complexity index is 855. The molecule has 0 aliphatic rings. The van der Waals surface area contributed by atoms with Gasteiger partial charge in [-0.25, -0.2) is 4.98 Å². The summed E-state index contributed by atoms with van der Waals surface area (Å²) in [6, 6.07) is 15.3. The van der Waals surface area contributed by atoms with E-state index in [0.29, 0.717) is 5.56 Å². The zero-order valence-electron chi connectivity index (χ0n) is 11.6. The minimum atomic E-state index is 0.0422. The van der Waals surface area contributed by atoms with Gasteiger partial charge in [0, 0.05) is 21.5 Å². The lowest BCUT2D eigenvalue weighted by molar-refractivity contribution is 0.514. The van der Waals surface area contributed by atoms with Crippen molar-refractivity contribution in [2.24, 2.45) is 0 Å². The summed E-state index contributed by atoms with van der Waals surface area (Å²) in [5.41, 5.74) is 4.27. The topological polar surface area (TPSA) is 33.1 Å². The lowest BCUT2D eigenvalue weighted by Gasteiger charge is -2.10. The third kappa shape index (κ3) is 2.50. The smallest absolute Gasteiger partial charge is 0.116 e. The maximum absolute atomic E-state index is 9.85. The molecule has 2 aromatic carbocycles. The van der Waals surface area contributed by atoms with Gasteiger partial charge in [0.15, 0.2) is 0 Å². The number of pyridine rings is 1. The van der Waals surface area contributed by atoms with E-state index in [1.165, 1.54) is 0 Å². The third-order valence-electron chi connectivity index (χ3n) is 3.48. The molecule has 0 saturated carbocycles. The molecular weight excluding hydrogens is 282 g/mol. The summed E-state index contributed by atoms with van der Waals surface area (Å²) in [6.45, 7) is 5.61. The Morgan fingerprint density at radius 1 is 1.14 bits per heavy atom. The highest BCUT2D eigenvalue weighted by atomic mass is 35.5. The van der Waals surface area contributed by atoms with Crippen LogP contribution in [0.2, 0.25) is 5.02 Å². The van der Waals surface area contributed by atoms with Crippen molar-refractivity contribution < 1.29 is 5.11 Å². The molecule has 1 aromatic heterocycles. The molecule has 3 heteroatoms. The van der Waals surface area contributed by atoms with Crippen LogP contribution in [0.4, 0.5) is 0 Å². The number of benzene rings is 2. The fourth-order valence-corrected chi connectivity index (χ4v) is 2.48. The van der Waals surface area contributed by atoms with Crippen molar-refractivity contribution in [2.75, 3.05) is 0 Å². The highest BCUT2D eigenvalue weighted by Crippen LogP contribution is 2.29. The Kier molecular flexibility index (Phi) is 3.40. The summed E-state index contributed by atoms with van der Waals surface area (Å²) in [5.74, 6) is 0.0422. The van der Waals surface area contributed by atoms with Crippen LogP contribution in [0.3, 0.4) is 0 Å². The molecule has 0 amide bonds. The van der Waals surface area contributed by atoms with Gasteiger partial charge in [-0.3, -0.25) is 0 Å². The molecule has 0 unspecified atom stereocenters. The van der Waals surface area contributed by atoms with Crippen LogP contribution in [0.5, 0.6) is 0 Å². The number of fused-ring (bicyclic) bond motifs is 1. The van der Waals surface area contributed by atoms with Crippen LogP contribution in [0.1, 0.15) is 11.1 Å². The van der Waals surface area contributed by atoms with Gasteiger partial charge in [-0.1, -0.05) is 42.4 Å². The number of aromatic nitrogens is 1. The van der Waals surface area contributed by atoms with Gasteiger partial charge in [-0.05, 0) is 36.8 Å². The Balaban J connectivity index is 2.28. The van der Waals surface area contributed by atoms with Crippen LogP contribution >= 0.6 is 11.6 Å². The van der Waals surface area contributed by atoms with E-state index in [1.54, 1.807) is 0 Å². The van der Waals surface area contributed by atoms with Crippen molar-refractivity contribution in [3.63, 3.8) is 0 Å². The molecule has 0 saturated heterocycles. The molecule has 0 spiro atoms. The molecule has 0 atom stereocenters. The van der Waals surface area contributed by atoms with E-state index in [4.69, 9.17) is 11.6 Å². The van der Waals surface area contributed by atoms with Crippen molar-refractivity contribution >= 4 is 28.3 Å². The number of aliphatic hydroxyl groups excluding tert-OH is 1. The highest BCUT2D eigenvalue weighted by molar-refractivity contribution is 6.31. The Hall–Kier alpha value is -2.32. The van der Waals surface area contributed by atoms with Crippen molar-refractivity contribution in [3.05, 3.63) is 71.3 Å².